The molecule has 0 unspecified atom stereocenters. The molecule has 12 atom stereocenters. The van der Waals surface area contributed by atoms with Gasteiger partial charge in [-0.3, -0.25) is 52.7 Å². The first kappa shape index (κ1) is 67.5. The summed E-state index contributed by atoms with van der Waals surface area (Å²) in [7, 11) is 0. The number of anilines is 1. The Hall–Kier alpha value is -7.66. The molecule has 6 rings (SSSR count). The standard InChI is InChI=1S/C58H83N13O14S/c1-10-29(4)47-53(82)61-23-44(76)64-40-27-86-56-36(35-13-11-12-14-37(35)67-56)20-38(50(79)60-24-45(77)68-47)65-55(84)48(30(5)42(74)26-72)69-52(81)41-19-34(73)25-71(41)57(85)39(66-51(40)80)21-43(75)59-22-32-15-17-33(18-16-32)63-49(78)31(6)62-54(83)46(28(2)3)70-58(7,8)9/h11-18,28-31,34,38-42,46-48,67,70,72-74H,10,19-27H2,1-9H3,(H,59,75)(H,60,79)(H,61,82)(H,62,83)(H,63,78)(H,64,76)(H,65,84)(H,66,80)(H,68,77)(H,69,81)/t29-,30-,31-,34+,38-,39-,40-,41-,42-,46-,47-,48-/m0/s1. The topological polar surface area (TPSA) is 400 Å². The summed E-state index contributed by atoms with van der Waals surface area (Å²) in [5.74, 6) is -11.1. The van der Waals surface area contributed by atoms with Crippen LogP contribution in [0.1, 0.15) is 92.7 Å². The molecule has 3 aliphatic rings. The highest BCUT2D eigenvalue weighted by molar-refractivity contribution is 7.99. The monoisotopic (exact) mass is 1220 g/mol. The van der Waals surface area contributed by atoms with Crippen LogP contribution in [0.5, 0.6) is 0 Å². The number of amides is 11. The number of nitrogens with zero attached hydrogens (tertiary/aromatic N) is 1. The number of aliphatic hydroxyl groups is 3. The van der Waals surface area contributed by atoms with Crippen molar-refractivity contribution in [3.63, 3.8) is 0 Å². The van der Waals surface area contributed by atoms with Crippen molar-refractivity contribution >= 4 is 93.3 Å². The second-order valence-corrected chi connectivity index (χ2v) is 24.6. The molecule has 3 aromatic rings. The number of aliphatic hydroxyl groups excluding tert-OH is 3. The average molecular weight is 1220 g/mol. The molecule has 0 spiro atoms. The lowest BCUT2D eigenvalue weighted by Crippen LogP contribution is -2.62. The third-order valence-corrected chi connectivity index (χ3v) is 16.4. The average Bonchev–Trinajstić information content (AvgIpc) is 3.17. The summed E-state index contributed by atoms with van der Waals surface area (Å²) in [4.78, 5) is 159. The number of nitrogens with one attached hydrogen (secondary N) is 12. The molecule has 15 N–H and O–H groups in total. The molecule has 1 aromatic heterocycles. The minimum Gasteiger partial charge on any atom is -0.394 e. The number of hydrogen-bond donors (Lipinski definition) is 15. The first-order valence-corrected chi connectivity index (χ1v) is 29.9. The van der Waals surface area contributed by atoms with Crippen LogP contribution in [0, 0.1) is 17.8 Å². The molecule has 0 saturated carbocycles. The van der Waals surface area contributed by atoms with E-state index in [-0.39, 0.29) is 36.1 Å². The fourth-order valence-electron chi connectivity index (χ4n) is 10.1. The van der Waals surface area contributed by atoms with Crippen LogP contribution >= 0.6 is 11.8 Å². The Bertz CT molecular complexity index is 2990. The predicted molar refractivity (Wildman–Crippen MR) is 317 cm³/mol. The van der Waals surface area contributed by atoms with E-state index >= 15 is 0 Å². The van der Waals surface area contributed by atoms with E-state index in [0.717, 1.165) is 16.7 Å². The second kappa shape index (κ2) is 30.1. The van der Waals surface area contributed by atoms with Gasteiger partial charge in [-0.1, -0.05) is 71.4 Å². The Balaban J connectivity index is 1.34. The van der Waals surface area contributed by atoms with Gasteiger partial charge in [0.1, 0.15) is 42.3 Å². The fourth-order valence-corrected chi connectivity index (χ4v) is 11.2. The number of carbonyl (C=O) groups is 11. The van der Waals surface area contributed by atoms with Crippen molar-refractivity contribution in [1.29, 1.82) is 0 Å². The lowest BCUT2D eigenvalue weighted by atomic mass is 9.93. The molecule has 86 heavy (non-hydrogen) atoms. The molecule has 2 aromatic carbocycles. The van der Waals surface area contributed by atoms with Gasteiger partial charge in [0, 0.05) is 59.7 Å². The molecule has 470 valence electrons. The predicted octanol–water partition coefficient (Wildman–Crippen LogP) is -1.95. The van der Waals surface area contributed by atoms with Gasteiger partial charge in [-0.25, -0.2) is 0 Å². The van der Waals surface area contributed by atoms with E-state index in [9.17, 15) is 68.1 Å². The van der Waals surface area contributed by atoms with E-state index in [1.165, 1.54) is 6.92 Å². The van der Waals surface area contributed by atoms with Gasteiger partial charge in [0.05, 0.1) is 49.4 Å². The third-order valence-electron chi connectivity index (χ3n) is 15.3. The van der Waals surface area contributed by atoms with Crippen LogP contribution in [0.2, 0.25) is 0 Å². The van der Waals surface area contributed by atoms with Crippen molar-refractivity contribution in [1.82, 2.24) is 63.1 Å². The Morgan fingerprint density at radius 1 is 0.767 bits per heavy atom. The molecule has 1 saturated heterocycles. The lowest BCUT2D eigenvalue weighted by Gasteiger charge is -2.33. The number of aromatic nitrogens is 1. The number of rotatable bonds is 15. The lowest BCUT2D eigenvalue weighted by molar-refractivity contribution is -0.144. The van der Waals surface area contributed by atoms with Crippen LogP contribution in [0.4, 0.5) is 5.69 Å². The van der Waals surface area contributed by atoms with E-state index in [2.05, 4.69) is 63.5 Å². The Morgan fingerprint density at radius 3 is 2.08 bits per heavy atom. The highest BCUT2D eigenvalue weighted by Crippen LogP contribution is 2.32. The van der Waals surface area contributed by atoms with Crippen molar-refractivity contribution in [2.45, 2.75) is 166 Å². The molecule has 0 radical (unpaired) electrons. The molecule has 1 fully saturated rings. The fraction of sp³-hybridized carbons (Fsp3) is 0.569. The van der Waals surface area contributed by atoms with Gasteiger partial charge in [0.15, 0.2) is 0 Å². The Labute approximate surface area is 503 Å². The number of aromatic amines is 1. The van der Waals surface area contributed by atoms with Gasteiger partial charge in [-0.2, -0.15) is 0 Å². The first-order chi connectivity index (χ1) is 40.6. The summed E-state index contributed by atoms with van der Waals surface area (Å²) in [5.41, 5.74) is 1.54. The highest BCUT2D eigenvalue weighted by Gasteiger charge is 2.45. The van der Waals surface area contributed by atoms with Crippen molar-refractivity contribution in [3.8, 4) is 0 Å². The van der Waals surface area contributed by atoms with Crippen LogP contribution in [0.3, 0.4) is 0 Å². The summed E-state index contributed by atoms with van der Waals surface area (Å²) in [6.45, 7) is 13.1. The van der Waals surface area contributed by atoms with E-state index in [1.54, 1.807) is 69.3 Å². The van der Waals surface area contributed by atoms with Crippen LogP contribution in [0.15, 0.2) is 53.6 Å². The van der Waals surface area contributed by atoms with E-state index in [0.29, 0.717) is 39.2 Å². The van der Waals surface area contributed by atoms with Gasteiger partial charge in [0.25, 0.3) is 0 Å². The molecular weight excluding hydrogens is 1130 g/mol. The molecule has 11 amide bonds. The second-order valence-electron chi connectivity index (χ2n) is 23.6. The van der Waals surface area contributed by atoms with Crippen molar-refractivity contribution in [2.24, 2.45) is 17.8 Å². The number of fused-ring (bicyclic) bond motifs is 5. The minimum absolute atomic E-state index is 0.0664. The number of para-hydroxylation sites is 1. The van der Waals surface area contributed by atoms with E-state index in [1.807, 2.05) is 34.6 Å². The largest absolute Gasteiger partial charge is 0.394 e. The molecule has 27 nitrogen and oxygen atoms in total. The highest BCUT2D eigenvalue weighted by atomic mass is 32.2. The van der Waals surface area contributed by atoms with Crippen molar-refractivity contribution in [3.05, 3.63) is 59.7 Å². The van der Waals surface area contributed by atoms with Gasteiger partial charge < -0.3 is 83.7 Å². The van der Waals surface area contributed by atoms with Crippen LogP contribution in [0.25, 0.3) is 10.9 Å². The van der Waals surface area contributed by atoms with E-state index in [4.69, 9.17) is 0 Å². The zero-order valence-electron chi connectivity index (χ0n) is 49.9. The molecule has 4 heterocycles. The number of benzene rings is 2. The SMILES string of the molecule is CC[C@H](C)[C@@H]1NC(=O)CNC(=O)[C@@H]2Cc3c([nH]c4ccccc34)SC[C@H](NC(=O)CNC1=O)C(=O)N[C@@H](CC(=O)NCc1ccc(NC(=O)[C@H](C)NC(=O)[C@@H](NC(C)(C)C)C(C)C)cc1)C(=O)N1C[C@H](O)C[C@H]1C(=O)N[C@@H]([C@@H](C)[C@@H](O)CO)C(=O)N2. The Kier molecular flexibility index (Phi) is 23.6. The van der Waals surface area contributed by atoms with Gasteiger partial charge in [-0.15, -0.1) is 11.8 Å². The van der Waals surface area contributed by atoms with Crippen LogP contribution < -0.4 is 58.5 Å². The van der Waals surface area contributed by atoms with Gasteiger partial charge in [0.2, 0.25) is 65.0 Å². The van der Waals surface area contributed by atoms with Crippen LogP contribution in [-0.4, -0.2) is 188 Å². The number of H-pyrrole nitrogens is 1. The minimum atomic E-state index is -1.80. The normalized spacial score (nSPS) is 24.2. The van der Waals surface area contributed by atoms with Crippen LogP contribution in [-0.2, 0) is 65.7 Å². The molecule has 2 bridgehead atoms. The molecular formula is C58H83N13O14S. The third kappa shape index (κ3) is 18.2. The molecule has 28 heteroatoms. The maximum Gasteiger partial charge on any atom is 0.246 e. The zero-order valence-corrected chi connectivity index (χ0v) is 50.7. The number of hydrogen-bond acceptors (Lipinski definition) is 16. The molecule has 3 aliphatic heterocycles. The summed E-state index contributed by atoms with van der Waals surface area (Å²) in [5, 5.41) is 62.6. The van der Waals surface area contributed by atoms with Gasteiger partial charge >= 0.3 is 0 Å². The van der Waals surface area contributed by atoms with Crippen molar-refractivity contribution < 1.29 is 68.1 Å². The zero-order chi connectivity index (χ0) is 63.3. The number of thioether (sulfide) groups is 1. The maximum absolute atomic E-state index is 15.0. The maximum atomic E-state index is 15.0. The van der Waals surface area contributed by atoms with Gasteiger partial charge in [-0.05, 0) is 68.9 Å². The summed E-state index contributed by atoms with van der Waals surface area (Å²) < 4.78 is 0. The van der Waals surface area contributed by atoms with E-state index < -0.39 is 171 Å². The Morgan fingerprint density at radius 2 is 1.43 bits per heavy atom. The summed E-state index contributed by atoms with van der Waals surface area (Å²) in [6.07, 6.45) is -4.05. The summed E-state index contributed by atoms with van der Waals surface area (Å²) in [6, 6.07) is 2.45. The molecule has 0 aliphatic carbocycles. The smallest absolute Gasteiger partial charge is 0.246 e. The quantitative estimate of drug-likeness (QED) is 0.0786. The first-order valence-electron chi connectivity index (χ1n) is 28.9. The van der Waals surface area contributed by atoms with Crippen molar-refractivity contribution in [2.75, 3.05) is 37.3 Å². The number of carbonyl (C=O) groups excluding carboxylic acids is 11. The summed E-state index contributed by atoms with van der Waals surface area (Å²) >= 11 is 1.01.